The summed E-state index contributed by atoms with van der Waals surface area (Å²) >= 11 is 3.22. The van der Waals surface area contributed by atoms with Gasteiger partial charge in [-0.15, -0.1) is 0 Å². The number of aryl methyl sites for hydroxylation is 1. The summed E-state index contributed by atoms with van der Waals surface area (Å²) in [6, 6.07) is 12.4. The number of ether oxygens (including phenoxy) is 1. The smallest absolute Gasteiger partial charge is 0.345 e. The van der Waals surface area contributed by atoms with Gasteiger partial charge in [-0.2, -0.15) is 0 Å². The fourth-order valence-electron chi connectivity index (χ4n) is 1.40. The zero-order valence-corrected chi connectivity index (χ0v) is 10.8. The van der Waals surface area contributed by atoms with E-state index in [9.17, 15) is 4.79 Å². The highest BCUT2D eigenvalue weighted by Gasteiger charge is 2.11. The minimum Gasteiger partial charge on any atom is -0.404 e. The standard InChI is InChI=1S/C13H10BrNO2/c1-9-5-2-3-6-10(9)13(16)17-12-8-4-7-11(14)15-12/h2-8H,1H3. The van der Waals surface area contributed by atoms with Gasteiger partial charge in [-0.3, -0.25) is 0 Å². The average molecular weight is 292 g/mol. The second kappa shape index (κ2) is 5.10. The van der Waals surface area contributed by atoms with Gasteiger partial charge in [-0.05, 0) is 40.5 Å². The van der Waals surface area contributed by atoms with E-state index in [1.54, 1.807) is 30.3 Å². The molecule has 1 heterocycles. The van der Waals surface area contributed by atoms with Crippen molar-refractivity contribution < 1.29 is 9.53 Å². The number of esters is 1. The molecule has 0 aliphatic heterocycles. The van der Waals surface area contributed by atoms with E-state index in [2.05, 4.69) is 20.9 Å². The Morgan fingerprint density at radius 1 is 1.18 bits per heavy atom. The van der Waals surface area contributed by atoms with Gasteiger partial charge in [0.25, 0.3) is 0 Å². The van der Waals surface area contributed by atoms with Crippen LogP contribution in [0, 0.1) is 6.92 Å². The second-order valence-electron chi connectivity index (χ2n) is 3.50. The molecule has 0 aliphatic carbocycles. The van der Waals surface area contributed by atoms with Gasteiger partial charge in [0.15, 0.2) is 0 Å². The SMILES string of the molecule is Cc1ccccc1C(=O)Oc1cccc(Br)n1. The first kappa shape index (κ1) is 11.8. The van der Waals surface area contributed by atoms with Gasteiger partial charge >= 0.3 is 5.97 Å². The summed E-state index contributed by atoms with van der Waals surface area (Å²) in [5.74, 6) is -0.110. The summed E-state index contributed by atoms with van der Waals surface area (Å²) in [7, 11) is 0. The summed E-state index contributed by atoms with van der Waals surface area (Å²) in [6.07, 6.45) is 0. The van der Waals surface area contributed by atoms with Crippen LogP contribution in [0.15, 0.2) is 47.1 Å². The van der Waals surface area contributed by atoms with Crippen molar-refractivity contribution in [2.24, 2.45) is 0 Å². The van der Waals surface area contributed by atoms with Gasteiger partial charge in [-0.1, -0.05) is 24.3 Å². The summed E-state index contributed by atoms with van der Waals surface area (Å²) in [4.78, 5) is 15.9. The Kier molecular flexibility index (Phi) is 3.54. The molecule has 1 aromatic heterocycles. The van der Waals surface area contributed by atoms with E-state index >= 15 is 0 Å². The molecular formula is C13H10BrNO2. The van der Waals surface area contributed by atoms with Gasteiger partial charge in [-0.25, -0.2) is 9.78 Å². The number of benzene rings is 1. The number of hydrogen-bond acceptors (Lipinski definition) is 3. The summed E-state index contributed by atoms with van der Waals surface area (Å²) in [6.45, 7) is 1.87. The van der Waals surface area contributed by atoms with E-state index in [1.807, 2.05) is 19.1 Å². The van der Waals surface area contributed by atoms with E-state index in [0.29, 0.717) is 10.2 Å². The minimum atomic E-state index is -0.395. The molecule has 2 rings (SSSR count). The Morgan fingerprint density at radius 3 is 2.65 bits per heavy atom. The molecule has 86 valence electrons. The predicted molar refractivity (Wildman–Crippen MR) is 68.1 cm³/mol. The van der Waals surface area contributed by atoms with Crippen molar-refractivity contribution in [2.45, 2.75) is 6.92 Å². The lowest BCUT2D eigenvalue weighted by molar-refractivity contribution is 0.0726. The molecule has 0 atom stereocenters. The number of rotatable bonds is 2. The van der Waals surface area contributed by atoms with Gasteiger partial charge in [0, 0.05) is 6.07 Å². The highest BCUT2D eigenvalue weighted by atomic mass is 79.9. The van der Waals surface area contributed by atoms with Gasteiger partial charge < -0.3 is 4.74 Å². The lowest BCUT2D eigenvalue weighted by Crippen LogP contribution is -2.10. The maximum absolute atomic E-state index is 11.9. The normalized spacial score (nSPS) is 10.0. The van der Waals surface area contributed by atoms with Crippen molar-refractivity contribution >= 4 is 21.9 Å². The molecule has 4 heteroatoms. The third-order valence-electron chi connectivity index (χ3n) is 2.25. The lowest BCUT2D eigenvalue weighted by atomic mass is 10.1. The summed E-state index contributed by atoms with van der Waals surface area (Å²) < 4.78 is 5.81. The molecule has 17 heavy (non-hydrogen) atoms. The molecule has 0 unspecified atom stereocenters. The van der Waals surface area contributed by atoms with Gasteiger partial charge in [0.1, 0.15) is 4.60 Å². The van der Waals surface area contributed by atoms with E-state index in [-0.39, 0.29) is 5.88 Å². The molecule has 3 nitrogen and oxygen atoms in total. The molecule has 0 fully saturated rings. The van der Waals surface area contributed by atoms with Gasteiger partial charge in [0.05, 0.1) is 5.56 Å². The van der Waals surface area contributed by atoms with Crippen LogP contribution in [0.3, 0.4) is 0 Å². The topological polar surface area (TPSA) is 39.2 Å². The molecule has 0 spiro atoms. The predicted octanol–water partition coefficient (Wildman–Crippen LogP) is 3.37. The monoisotopic (exact) mass is 291 g/mol. The zero-order valence-electron chi connectivity index (χ0n) is 9.18. The van der Waals surface area contributed by atoms with Crippen molar-refractivity contribution in [3.8, 4) is 5.88 Å². The molecule has 0 amide bonds. The highest BCUT2D eigenvalue weighted by Crippen LogP contribution is 2.15. The Balaban J connectivity index is 2.20. The molecule has 2 aromatic rings. The van der Waals surface area contributed by atoms with Crippen molar-refractivity contribution in [3.05, 3.63) is 58.2 Å². The lowest BCUT2D eigenvalue weighted by Gasteiger charge is -2.05. The van der Waals surface area contributed by atoms with E-state index in [0.717, 1.165) is 5.56 Å². The quantitative estimate of drug-likeness (QED) is 0.629. The first-order chi connectivity index (χ1) is 8.16. The van der Waals surface area contributed by atoms with Gasteiger partial charge in [0.2, 0.25) is 5.88 Å². The third-order valence-corrected chi connectivity index (χ3v) is 2.69. The number of hydrogen-bond donors (Lipinski definition) is 0. The molecule has 0 bridgehead atoms. The van der Waals surface area contributed by atoms with E-state index < -0.39 is 5.97 Å². The minimum absolute atomic E-state index is 0.285. The van der Waals surface area contributed by atoms with Crippen molar-refractivity contribution in [1.29, 1.82) is 0 Å². The molecule has 0 saturated heterocycles. The first-order valence-electron chi connectivity index (χ1n) is 5.07. The molecule has 0 aliphatic rings. The molecular weight excluding hydrogens is 282 g/mol. The van der Waals surface area contributed by atoms with Crippen LogP contribution in [-0.4, -0.2) is 11.0 Å². The zero-order chi connectivity index (χ0) is 12.3. The Bertz CT molecular complexity index is 555. The number of aromatic nitrogens is 1. The fraction of sp³-hybridized carbons (Fsp3) is 0.0769. The maximum atomic E-state index is 11.9. The average Bonchev–Trinajstić information content (AvgIpc) is 2.29. The highest BCUT2D eigenvalue weighted by molar-refractivity contribution is 9.10. The van der Waals surface area contributed by atoms with Crippen LogP contribution in [0.2, 0.25) is 0 Å². The number of carbonyl (C=O) groups excluding carboxylic acids is 1. The van der Waals surface area contributed by atoms with Crippen LogP contribution in [0.25, 0.3) is 0 Å². The van der Waals surface area contributed by atoms with Crippen molar-refractivity contribution in [2.75, 3.05) is 0 Å². The van der Waals surface area contributed by atoms with Crippen LogP contribution in [0.5, 0.6) is 5.88 Å². The second-order valence-corrected chi connectivity index (χ2v) is 4.32. The Labute approximate surface area is 108 Å². The fourth-order valence-corrected chi connectivity index (χ4v) is 1.73. The van der Waals surface area contributed by atoms with E-state index in [4.69, 9.17) is 4.74 Å². The maximum Gasteiger partial charge on any atom is 0.345 e. The Morgan fingerprint density at radius 2 is 1.94 bits per heavy atom. The van der Waals surface area contributed by atoms with Crippen LogP contribution in [-0.2, 0) is 0 Å². The molecule has 0 radical (unpaired) electrons. The van der Waals surface area contributed by atoms with Crippen LogP contribution < -0.4 is 4.74 Å². The molecule has 0 saturated carbocycles. The number of carbonyl (C=O) groups is 1. The summed E-state index contributed by atoms with van der Waals surface area (Å²) in [5.41, 5.74) is 1.43. The largest absolute Gasteiger partial charge is 0.404 e. The van der Waals surface area contributed by atoms with Crippen LogP contribution in [0.1, 0.15) is 15.9 Å². The van der Waals surface area contributed by atoms with Crippen LogP contribution in [0.4, 0.5) is 0 Å². The number of halogens is 1. The summed E-state index contributed by atoms with van der Waals surface area (Å²) in [5, 5.41) is 0. The third kappa shape index (κ3) is 2.91. The molecule has 1 aromatic carbocycles. The Hall–Kier alpha value is -1.68. The van der Waals surface area contributed by atoms with Crippen molar-refractivity contribution in [1.82, 2.24) is 4.98 Å². The van der Waals surface area contributed by atoms with Crippen LogP contribution >= 0.6 is 15.9 Å². The number of nitrogens with zero attached hydrogens (tertiary/aromatic N) is 1. The number of pyridine rings is 1. The molecule has 0 N–H and O–H groups in total. The van der Waals surface area contributed by atoms with E-state index in [1.165, 1.54) is 0 Å². The van der Waals surface area contributed by atoms with Crippen molar-refractivity contribution in [3.63, 3.8) is 0 Å². The first-order valence-corrected chi connectivity index (χ1v) is 5.86.